The van der Waals surface area contributed by atoms with Crippen molar-refractivity contribution in [1.82, 2.24) is 5.32 Å². The molecule has 0 bridgehead atoms. The first-order valence-electron chi connectivity index (χ1n) is 6.77. The molecule has 1 aromatic rings. The van der Waals surface area contributed by atoms with Gasteiger partial charge in [-0.05, 0) is 36.5 Å². The summed E-state index contributed by atoms with van der Waals surface area (Å²) in [7, 11) is 0. The van der Waals surface area contributed by atoms with Gasteiger partial charge in [-0.15, -0.1) is 0 Å². The average molecular weight is 260 g/mol. The molecule has 2 rings (SSSR count). The summed E-state index contributed by atoms with van der Waals surface area (Å²) in [6.07, 6.45) is 2.51. The number of rotatable bonds is 5. The van der Waals surface area contributed by atoms with Gasteiger partial charge in [-0.25, -0.2) is 0 Å². The number of hydrogen-bond acceptors (Lipinski definition) is 2. The van der Waals surface area contributed by atoms with Gasteiger partial charge in [-0.3, -0.25) is 9.59 Å². The Bertz CT molecular complexity index is 495. The fraction of sp³-hybridized carbons (Fsp3) is 0.467. The maximum Gasteiger partial charge on any atom is 0.251 e. The first kappa shape index (κ1) is 13.6. The van der Waals surface area contributed by atoms with Crippen molar-refractivity contribution in [2.75, 3.05) is 11.9 Å². The van der Waals surface area contributed by atoms with Crippen LogP contribution in [0.4, 0.5) is 5.69 Å². The van der Waals surface area contributed by atoms with Gasteiger partial charge >= 0.3 is 0 Å². The highest BCUT2D eigenvalue weighted by atomic mass is 16.2. The van der Waals surface area contributed by atoms with Crippen molar-refractivity contribution in [1.29, 1.82) is 0 Å². The van der Waals surface area contributed by atoms with E-state index in [1.165, 1.54) is 0 Å². The summed E-state index contributed by atoms with van der Waals surface area (Å²) in [5.74, 6) is 0.573. The van der Waals surface area contributed by atoms with Gasteiger partial charge < -0.3 is 10.6 Å². The number of anilines is 1. The van der Waals surface area contributed by atoms with E-state index in [1.54, 1.807) is 12.1 Å². The molecule has 2 N–H and O–H groups in total. The highest BCUT2D eigenvalue weighted by Crippen LogP contribution is 2.23. The van der Waals surface area contributed by atoms with Crippen LogP contribution in [0, 0.1) is 5.92 Å². The topological polar surface area (TPSA) is 58.2 Å². The minimum absolute atomic E-state index is 0.00973. The second-order valence-electron chi connectivity index (χ2n) is 5.39. The molecule has 0 aliphatic carbocycles. The van der Waals surface area contributed by atoms with Crippen molar-refractivity contribution >= 4 is 17.5 Å². The Labute approximate surface area is 113 Å². The first-order chi connectivity index (χ1) is 9.06. The van der Waals surface area contributed by atoms with E-state index in [9.17, 15) is 9.59 Å². The predicted molar refractivity (Wildman–Crippen MR) is 75.2 cm³/mol. The molecule has 102 valence electrons. The van der Waals surface area contributed by atoms with Gasteiger partial charge in [0.05, 0.1) is 6.42 Å². The lowest BCUT2D eigenvalue weighted by Crippen LogP contribution is -2.24. The van der Waals surface area contributed by atoms with E-state index >= 15 is 0 Å². The van der Waals surface area contributed by atoms with E-state index in [1.807, 2.05) is 6.07 Å². The molecule has 1 aliphatic rings. The molecule has 0 unspecified atom stereocenters. The summed E-state index contributed by atoms with van der Waals surface area (Å²) < 4.78 is 0. The highest BCUT2D eigenvalue weighted by molar-refractivity contribution is 6.02. The lowest BCUT2D eigenvalue weighted by Gasteiger charge is -2.08. The van der Waals surface area contributed by atoms with E-state index in [4.69, 9.17) is 0 Å². The van der Waals surface area contributed by atoms with Crippen LogP contribution in [0.15, 0.2) is 18.2 Å². The Hall–Kier alpha value is -1.84. The molecule has 0 atom stereocenters. The summed E-state index contributed by atoms with van der Waals surface area (Å²) in [5.41, 5.74) is 2.33. The van der Waals surface area contributed by atoms with Crippen LogP contribution < -0.4 is 10.6 Å². The van der Waals surface area contributed by atoms with Gasteiger partial charge in [-0.2, -0.15) is 0 Å². The maximum atomic E-state index is 11.9. The van der Waals surface area contributed by atoms with Gasteiger partial charge in [0.25, 0.3) is 5.91 Å². The number of hydrogen-bond donors (Lipinski definition) is 2. The van der Waals surface area contributed by atoms with Gasteiger partial charge in [-0.1, -0.05) is 19.9 Å². The summed E-state index contributed by atoms with van der Waals surface area (Å²) in [6.45, 7) is 5.04. The molecule has 0 saturated carbocycles. The Morgan fingerprint density at radius 2 is 2.21 bits per heavy atom. The second-order valence-corrected chi connectivity index (χ2v) is 5.39. The van der Waals surface area contributed by atoms with Crippen LogP contribution in [0.3, 0.4) is 0 Å². The van der Waals surface area contributed by atoms with Crippen molar-refractivity contribution in [3.8, 4) is 0 Å². The number of nitrogens with one attached hydrogen (secondary N) is 2. The van der Waals surface area contributed by atoms with Crippen LogP contribution in [-0.4, -0.2) is 18.4 Å². The van der Waals surface area contributed by atoms with Crippen LogP contribution in [0.5, 0.6) is 0 Å². The Kier molecular flexibility index (Phi) is 4.20. The molecule has 0 aromatic heterocycles. The van der Waals surface area contributed by atoms with Gasteiger partial charge in [0.15, 0.2) is 0 Å². The van der Waals surface area contributed by atoms with Crippen LogP contribution in [-0.2, 0) is 11.2 Å². The van der Waals surface area contributed by atoms with E-state index in [0.29, 0.717) is 24.4 Å². The molecule has 1 heterocycles. The van der Waals surface area contributed by atoms with Crippen molar-refractivity contribution in [3.63, 3.8) is 0 Å². The molecular formula is C15H20N2O2. The molecule has 0 radical (unpaired) electrons. The monoisotopic (exact) mass is 260 g/mol. The fourth-order valence-corrected chi connectivity index (χ4v) is 2.17. The summed E-state index contributed by atoms with van der Waals surface area (Å²) >= 11 is 0. The van der Waals surface area contributed by atoms with Crippen molar-refractivity contribution in [3.05, 3.63) is 29.3 Å². The lowest BCUT2D eigenvalue weighted by atomic mass is 10.1. The average Bonchev–Trinajstić information content (AvgIpc) is 2.73. The van der Waals surface area contributed by atoms with Crippen LogP contribution in [0.25, 0.3) is 0 Å². The molecular weight excluding hydrogens is 240 g/mol. The molecule has 0 saturated heterocycles. The highest BCUT2D eigenvalue weighted by Gasteiger charge is 2.18. The zero-order valence-corrected chi connectivity index (χ0v) is 11.5. The van der Waals surface area contributed by atoms with E-state index in [-0.39, 0.29) is 11.8 Å². The number of amides is 2. The molecule has 1 aromatic carbocycles. The maximum absolute atomic E-state index is 11.9. The summed E-state index contributed by atoms with van der Waals surface area (Å²) in [6, 6.07) is 5.37. The lowest BCUT2D eigenvalue weighted by molar-refractivity contribution is -0.115. The zero-order valence-electron chi connectivity index (χ0n) is 11.5. The van der Waals surface area contributed by atoms with Crippen LogP contribution >= 0.6 is 0 Å². The standard InChI is InChI=1S/C15H20N2O2/c1-10(2)4-3-7-16-15(19)12-6-5-11-9-14(18)17-13(11)8-12/h5-6,8,10H,3-4,7,9H2,1-2H3,(H,16,19)(H,17,18). The van der Waals surface area contributed by atoms with Crippen LogP contribution in [0.2, 0.25) is 0 Å². The molecule has 0 spiro atoms. The van der Waals surface area contributed by atoms with Crippen molar-refractivity contribution in [2.24, 2.45) is 5.92 Å². The molecule has 4 heteroatoms. The second kappa shape index (κ2) is 5.87. The molecule has 1 aliphatic heterocycles. The smallest absolute Gasteiger partial charge is 0.251 e. The fourth-order valence-electron chi connectivity index (χ4n) is 2.17. The molecule has 0 fully saturated rings. The van der Waals surface area contributed by atoms with E-state index in [0.717, 1.165) is 24.1 Å². The largest absolute Gasteiger partial charge is 0.352 e. The third-order valence-electron chi connectivity index (χ3n) is 3.24. The van der Waals surface area contributed by atoms with E-state index in [2.05, 4.69) is 24.5 Å². The third-order valence-corrected chi connectivity index (χ3v) is 3.24. The van der Waals surface area contributed by atoms with Gasteiger partial charge in [0.1, 0.15) is 0 Å². The number of fused-ring (bicyclic) bond motifs is 1. The van der Waals surface area contributed by atoms with E-state index < -0.39 is 0 Å². The molecule has 19 heavy (non-hydrogen) atoms. The first-order valence-corrected chi connectivity index (χ1v) is 6.77. The SMILES string of the molecule is CC(C)CCCNC(=O)c1ccc2c(c1)NC(=O)C2. The van der Waals surface area contributed by atoms with Gasteiger partial charge in [0, 0.05) is 17.8 Å². The van der Waals surface area contributed by atoms with Crippen LogP contribution in [0.1, 0.15) is 42.6 Å². The third kappa shape index (κ3) is 3.56. The van der Waals surface area contributed by atoms with Crippen molar-refractivity contribution in [2.45, 2.75) is 33.1 Å². The Morgan fingerprint density at radius 3 is 2.95 bits per heavy atom. The van der Waals surface area contributed by atoms with Gasteiger partial charge in [0.2, 0.25) is 5.91 Å². The minimum atomic E-state index is -0.0762. The molecule has 2 amide bonds. The quantitative estimate of drug-likeness (QED) is 0.798. The number of carbonyl (C=O) groups is 2. The van der Waals surface area contributed by atoms with Crippen molar-refractivity contribution < 1.29 is 9.59 Å². The normalized spacial score (nSPS) is 13.3. The summed E-state index contributed by atoms with van der Waals surface area (Å²) in [4.78, 5) is 23.2. The predicted octanol–water partition coefficient (Wildman–Crippen LogP) is 2.35. The molecule has 4 nitrogen and oxygen atoms in total. The minimum Gasteiger partial charge on any atom is -0.352 e. The number of benzene rings is 1. The zero-order chi connectivity index (χ0) is 13.8. The Morgan fingerprint density at radius 1 is 1.42 bits per heavy atom. The number of carbonyl (C=O) groups excluding carboxylic acids is 2. The Balaban J connectivity index is 1.90. The summed E-state index contributed by atoms with van der Waals surface area (Å²) in [5, 5.41) is 5.66.